The molecule has 162 valence electrons. The van der Waals surface area contributed by atoms with Crippen LogP contribution in [-0.2, 0) is 6.42 Å². The molecule has 1 saturated heterocycles. The van der Waals surface area contributed by atoms with Crippen molar-refractivity contribution in [3.05, 3.63) is 69.7 Å². The summed E-state index contributed by atoms with van der Waals surface area (Å²) in [6.45, 7) is 3.66. The first-order valence-electron chi connectivity index (χ1n) is 10.5. The van der Waals surface area contributed by atoms with Gasteiger partial charge in [0.05, 0.1) is 16.9 Å². The lowest BCUT2D eigenvalue weighted by molar-refractivity contribution is 0.0697. The van der Waals surface area contributed by atoms with Crippen LogP contribution in [-0.4, -0.2) is 35.2 Å². The Kier molecular flexibility index (Phi) is 6.60. The molecule has 2 atom stereocenters. The number of aromatic nitrogens is 1. The number of piperidine rings is 1. The van der Waals surface area contributed by atoms with Crippen molar-refractivity contribution in [2.45, 2.75) is 32.2 Å². The molecule has 0 bridgehead atoms. The first-order chi connectivity index (χ1) is 14.9. The summed E-state index contributed by atoms with van der Waals surface area (Å²) in [7, 11) is 0. The molecule has 1 aliphatic rings. The minimum Gasteiger partial charge on any atom is -0.478 e. The van der Waals surface area contributed by atoms with Gasteiger partial charge in [0.2, 0.25) is 0 Å². The number of carboxylic acids is 1. The normalized spacial score (nSPS) is 17.5. The lowest BCUT2D eigenvalue weighted by atomic mass is 9.88. The topological polar surface area (TPSA) is 79.5 Å². The van der Waals surface area contributed by atoms with Crippen molar-refractivity contribution in [2.75, 3.05) is 18.0 Å². The molecule has 4 rings (SSSR count). The lowest BCUT2D eigenvalue weighted by Crippen LogP contribution is -2.45. The molecule has 3 aromatic rings. The number of benzene rings is 2. The standard InChI is InChI=1S/C24H26ClN3O2S/c1-15-22(31-23(27-15)16-8-10-18(25)11-9-16)13-20(26)17-5-4-12-28(14-17)21-7-3-2-6-19(21)24(29)30/h2-3,6-11,17,20H,4-5,12-14,26H2,1H3,(H,29,30)/t17?,20-/m0/s1. The second-order valence-corrected chi connectivity index (χ2v) is 9.59. The SMILES string of the molecule is Cc1nc(-c2ccc(Cl)cc2)sc1C[C@H](N)C1CCCN(c2ccccc2C(=O)O)C1. The zero-order valence-corrected chi connectivity index (χ0v) is 19.0. The van der Waals surface area contributed by atoms with Crippen molar-refractivity contribution >= 4 is 34.6 Å². The summed E-state index contributed by atoms with van der Waals surface area (Å²) in [5.41, 5.74) is 9.89. The molecule has 0 amide bonds. The van der Waals surface area contributed by atoms with Crippen LogP contribution in [0.15, 0.2) is 48.5 Å². The third kappa shape index (κ3) is 4.92. The quantitative estimate of drug-likeness (QED) is 0.530. The number of rotatable bonds is 6. The molecule has 31 heavy (non-hydrogen) atoms. The number of nitrogens with two attached hydrogens (primary N) is 1. The molecule has 1 aromatic heterocycles. The number of thiazole rings is 1. The average Bonchev–Trinajstić information content (AvgIpc) is 3.14. The van der Waals surface area contributed by atoms with Crippen LogP contribution in [0.3, 0.4) is 0 Å². The van der Waals surface area contributed by atoms with E-state index in [9.17, 15) is 9.90 Å². The van der Waals surface area contributed by atoms with Crippen molar-refractivity contribution in [3.63, 3.8) is 0 Å². The van der Waals surface area contributed by atoms with E-state index in [1.807, 2.05) is 43.3 Å². The van der Waals surface area contributed by atoms with Gasteiger partial charge < -0.3 is 15.7 Å². The summed E-state index contributed by atoms with van der Waals surface area (Å²) in [5, 5.41) is 11.2. The summed E-state index contributed by atoms with van der Waals surface area (Å²) >= 11 is 7.69. The van der Waals surface area contributed by atoms with E-state index in [1.165, 1.54) is 4.88 Å². The van der Waals surface area contributed by atoms with Gasteiger partial charge >= 0.3 is 5.97 Å². The number of para-hydroxylation sites is 1. The maximum Gasteiger partial charge on any atom is 0.337 e. The van der Waals surface area contributed by atoms with E-state index in [0.717, 1.165) is 54.3 Å². The fourth-order valence-electron chi connectivity index (χ4n) is 4.22. The van der Waals surface area contributed by atoms with E-state index in [2.05, 4.69) is 4.90 Å². The van der Waals surface area contributed by atoms with E-state index in [0.29, 0.717) is 16.5 Å². The van der Waals surface area contributed by atoms with Gasteiger partial charge in [0.15, 0.2) is 0 Å². The van der Waals surface area contributed by atoms with Crippen LogP contribution in [0.5, 0.6) is 0 Å². The molecule has 1 unspecified atom stereocenters. The summed E-state index contributed by atoms with van der Waals surface area (Å²) < 4.78 is 0. The van der Waals surface area contributed by atoms with Gasteiger partial charge in [0.25, 0.3) is 0 Å². The Morgan fingerprint density at radius 2 is 2.03 bits per heavy atom. The maximum atomic E-state index is 11.6. The van der Waals surface area contributed by atoms with Crippen molar-refractivity contribution in [1.82, 2.24) is 4.98 Å². The Hall–Kier alpha value is -2.41. The van der Waals surface area contributed by atoms with E-state index in [4.69, 9.17) is 22.3 Å². The molecule has 5 nitrogen and oxygen atoms in total. The monoisotopic (exact) mass is 455 g/mol. The summed E-state index contributed by atoms with van der Waals surface area (Å²) in [5.74, 6) is -0.590. The van der Waals surface area contributed by atoms with E-state index in [-0.39, 0.29) is 6.04 Å². The van der Waals surface area contributed by atoms with Gasteiger partial charge in [0, 0.05) is 34.6 Å². The van der Waals surface area contributed by atoms with Gasteiger partial charge in [-0.1, -0.05) is 35.9 Å². The molecular weight excluding hydrogens is 430 g/mol. The van der Waals surface area contributed by atoms with E-state index >= 15 is 0 Å². The Balaban J connectivity index is 1.47. The number of hydrogen-bond donors (Lipinski definition) is 2. The minimum absolute atomic E-state index is 0.00277. The predicted molar refractivity (Wildman–Crippen MR) is 127 cm³/mol. The maximum absolute atomic E-state index is 11.6. The third-order valence-corrected chi connectivity index (χ3v) is 7.42. The minimum atomic E-state index is -0.892. The van der Waals surface area contributed by atoms with Crippen molar-refractivity contribution in [3.8, 4) is 10.6 Å². The largest absolute Gasteiger partial charge is 0.478 e. The van der Waals surface area contributed by atoms with E-state index < -0.39 is 5.97 Å². The molecule has 0 spiro atoms. The molecule has 0 saturated carbocycles. The van der Waals surface area contributed by atoms with Gasteiger partial charge in [0.1, 0.15) is 5.01 Å². The number of hydrogen-bond acceptors (Lipinski definition) is 5. The Morgan fingerprint density at radius 1 is 1.29 bits per heavy atom. The molecular formula is C24H26ClN3O2S. The van der Waals surface area contributed by atoms with Crippen LogP contribution in [0.4, 0.5) is 5.69 Å². The first-order valence-corrected chi connectivity index (χ1v) is 11.7. The highest BCUT2D eigenvalue weighted by Crippen LogP contribution is 2.32. The molecule has 1 fully saturated rings. The number of carbonyl (C=O) groups is 1. The summed E-state index contributed by atoms with van der Waals surface area (Å²) in [6, 6.07) is 15.0. The van der Waals surface area contributed by atoms with Crippen molar-refractivity contribution in [2.24, 2.45) is 11.7 Å². The van der Waals surface area contributed by atoms with Gasteiger partial charge in [-0.15, -0.1) is 11.3 Å². The molecule has 3 N–H and O–H groups in total. The number of halogens is 1. The number of aryl methyl sites for hydroxylation is 1. The Bertz CT molecular complexity index is 1070. The zero-order chi connectivity index (χ0) is 22.0. The Morgan fingerprint density at radius 3 is 2.77 bits per heavy atom. The molecule has 2 heterocycles. The zero-order valence-electron chi connectivity index (χ0n) is 17.4. The van der Waals surface area contributed by atoms with Gasteiger partial charge in [-0.05, 0) is 56.4 Å². The van der Waals surface area contributed by atoms with Crippen LogP contribution in [0.25, 0.3) is 10.6 Å². The highest BCUT2D eigenvalue weighted by Gasteiger charge is 2.28. The highest BCUT2D eigenvalue weighted by atomic mass is 35.5. The Labute approximate surface area is 191 Å². The highest BCUT2D eigenvalue weighted by molar-refractivity contribution is 7.15. The van der Waals surface area contributed by atoms with Gasteiger partial charge in [-0.25, -0.2) is 9.78 Å². The number of anilines is 1. The smallest absolute Gasteiger partial charge is 0.337 e. The van der Waals surface area contributed by atoms with Crippen molar-refractivity contribution < 1.29 is 9.90 Å². The van der Waals surface area contributed by atoms with Crippen molar-refractivity contribution in [1.29, 1.82) is 0 Å². The first kappa shape index (κ1) is 21.8. The summed E-state index contributed by atoms with van der Waals surface area (Å²) in [4.78, 5) is 19.8. The number of carboxylic acid groups (broad SMARTS) is 1. The van der Waals surface area contributed by atoms with Gasteiger partial charge in [-0.3, -0.25) is 0 Å². The lowest BCUT2D eigenvalue weighted by Gasteiger charge is -2.37. The number of nitrogens with zero attached hydrogens (tertiary/aromatic N) is 2. The second-order valence-electron chi connectivity index (χ2n) is 8.07. The molecule has 7 heteroatoms. The fourth-order valence-corrected chi connectivity index (χ4v) is 5.49. The third-order valence-electron chi connectivity index (χ3n) is 5.94. The van der Waals surface area contributed by atoms with Crippen LogP contribution >= 0.6 is 22.9 Å². The van der Waals surface area contributed by atoms with E-state index in [1.54, 1.807) is 23.5 Å². The van der Waals surface area contributed by atoms with Crippen LogP contribution in [0.1, 0.15) is 33.8 Å². The molecule has 0 aliphatic carbocycles. The predicted octanol–water partition coefficient (Wildman–Crippen LogP) is 5.26. The summed E-state index contributed by atoms with van der Waals surface area (Å²) in [6.07, 6.45) is 2.83. The molecule has 0 radical (unpaired) electrons. The number of aromatic carboxylic acids is 1. The second kappa shape index (κ2) is 9.39. The fraction of sp³-hybridized carbons (Fsp3) is 0.333. The van der Waals surface area contributed by atoms with Crippen LogP contribution in [0, 0.1) is 12.8 Å². The van der Waals surface area contributed by atoms with Crippen LogP contribution < -0.4 is 10.6 Å². The average molecular weight is 456 g/mol. The molecule has 1 aliphatic heterocycles. The van der Waals surface area contributed by atoms with Crippen LogP contribution in [0.2, 0.25) is 5.02 Å². The van der Waals surface area contributed by atoms with Gasteiger partial charge in [-0.2, -0.15) is 0 Å². The molecule has 2 aromatic carbocycles.